The SMILES string of the molecule is CCc1cnc(Cn2nc(C)c(S(=O)(=O)N(CC)CC)c2C)o1. The quantitative estimate of drug-likeness (QED) is 0.771. The fourth-order valence-corrected chi connectivity index (χ4v) is 4.44. The second kappa shape index (κ2) is 6.84. The van der Waals surface area contributed by atoms with Crippen molar-refractivity contribution in [3.63, 3.8) is 0 Å². The predicted molar refractivity (Wildman–Crippen MR) is 86.8 cm³/mol. The number of nitrogens with zero attached hydrogens (tertiary/aromatic N) is 4. The first-order valence-corrected chi connectivity index (χ1v) is 9.26. The minimum Gasteiger partial charge on any atom is -0.444 e. The van der Waals surface area contributed by atoms with E-state index in [1.807, 2.05) is 20.8 Å². The summed E-state index contributed by atoms with van der Waals surface area (Å²) in [5.74, 6) is 1.33. The predicted octanol–water partition coefficient (Wildman–Crippen LogP) is 2.13. The third kappa shape index (κ3) is 3.32. The summed E-state index contributed by atoms with van der Waals surface area (Å²) < 4.78 is 34.2. The van der Waals surface area contributed by atoms with E-state index in [-0.39, 0.29) is 4.90 Å². The topological polar surface area (TPSA) is 81.2 Å². The molecule has 2 aromatic rings. The van der Waals surface area contributed by atoms with Crippen LogP contribution in [0.1, 0.15) is 43.8 Å². The number of oxazole rings is 1. The van der Waals surface area contributed by atoms with Crippen molar-refractivity contribution in [2.75, 3.05) is 13.1 Å². The molecule has 0 spiro atoms. The maximum Gasteiger partial charge on any atom is 0.246 e. The van der Waals surface area contributed by atoms with Gasteiger partial charge < -0.3 is 4.42 Å². The molecule has 0 N–H and O–H groups in total. The van der Waals surface area contributed by atoms with Crippen LogP contribution < -0.4 is 0 Å². The van der Waals surface area contributed by atoms with Crippen LogP contribution in [0.5, 0.6) is 0 Å². The molecule has 0 aliphatic rings. The van der Waals surface area contributed by atoms with E-state index >= 15 is 0 Å². The molecule has 2 rings (SSSR count). The summed E-state index contributed by atoms with van der Waals surface area (Å²) >= 11 is 0. The van der Waals surface area contributed by atoms with Crippen molar-refractivity contribution in [3.8, 4) is 0 Å². The van der Waals surface area contributed by atoms with Gasteiger partial charge in [-0.15, -0.1) is 0 Å². The van der Waals surface area contributed by atoms with Gasteiger partial charge in [-0.05, 0) is 13.8 Å². The fourth-order valence-electron chi connectivity index (χ4n) is 2.61. The number of hydrogen-bond acceptors (Lipinski definition) is 5. The van der Waals surface area contributed by atoms with E-state index in [1.165, 1.54) is 4.31 Å². The molecule has 0 aliphatic carbocycles. The summed E-state index contributed by atoms with van der Waals surface area (Å²) in [6.45, 7) is 10.3. The lowest BCUT2D eigenvalue weighted by Crippen LogP contribution is -2.31. The number of aryl methyl sites for hydroxylation is 2. The molecule has 0 bridgehead atoms. The molecule has 23 heavy (non-hydrogen) atoms. The molecule has 2 aromatic heterocycles. The Morgan fingerprint density at radius 1 is 1.22 bits per heavy atom. The van der Waals surface area contributed by atoms with Gasteiger partial charge in [0, 0.05) is 19.5 Å². The monoisotopic (exact) mass is 340 g/mol. The summed E-state index contributed by atoms with van der Waals surface area (Å²) in [7, 11) is -3.53. The van der Waals surface area contributed by atoms with Crippen LogP contribution in [0.15, 0.2) is 15.5 Å². The van der Waals surface area contributed by atoms with Crippen LogP contribution in [0.25, 0.3) is 0 Å². The van der Waals surface area contributed by atoms with Gasteiger partial charge in [-0.25, -0.2) is 13.4 Å². The molecule has 0 unspecified atom stereocenters. The van der Waals surface area contributed by atoms with Gasteiger partial charge in [-0.1, -0.05) is 20.8 Å². The van der Waals surface area contributed by atoms with E-state index in [1.54, 1.807) is 24.7 Å². The van der Waals surface area contributed by atoms with Gasteiger partial charge in [-0.3, -0.25) is 4.68 Å². The van der Waals surface area contributed by atoms with Crippen LogP contribution in [-0.2, 0) is 23.0 Å². The molecule has 7 nitrogen and oxygen atoms in total. The standard InChI is InChI=1S/C15H24N4O3S/c1-6-13-9-16-14(22-13)10-19-12(5)15(11(4)17-19)23(20,21)18(7-2)8-3/h9H,6-8,10H2,1-5H3. The Balaban J connectivity index is 2.39. The zero-order valence-electron chi connectivity index (χ0n) is 14.3. The van der Waals surface area contributed by atoms with Crippen molar-refractivity contribution in [2.24, 2.45) is 0 Å². The first-order valence-electron chi connectivity index (χ1n) is 7.82. The van der Waals surface area contributed by atoms with E-state index in [9.17, 15) is 8.42 Å². The normalized spacial score (nSPS) is 12.3. The first-order chi connectivity index (χ1) is 10.8. The highest BCUT2D eigenvalue weighted by Gasteiger charge is 2.29. The van der Waals surface area contributed by atoms with Crippen LogP contribution in [0, 0.1) is 13.8 Å². The average Bonchev–Trinajstić information content (AvgIpc) is 3.05. The Hall–Kier alpha value is -1.67. The molecule has 0 radical (unpaired) electrons. The van der Waals surface area contributed by atoms with Crippen molar-refractivity contribution < 1.29 is 12.8 Å². The molecule has 128 valence electrons. The van der Waals surface area contributed by atoms with Gasteiger partial charge in [0.25, 0.3) is 0 Å². The number of hydrogen-bond donors (Lipinski definition) is 0. The molecule has 0 saturated heterocycles. The number of aromatic nitrogens is 3. The van der Waals surface area contributed by atoms with Crippen LogP contribution in [0.4, 0.5) is 0 Å². The Kier molecular flexibility index (Phi) is 5.26. The Morgan fingerprint density at radius 3 is 2.39 bits per heavy atom. The largest absolute Gasteiger partial charge is 0.444 e. The van der Waals surface area contributed by atoms with Crippen molar-refractivity contribution in [3.05, 3.63) is 29.2 Å². The first kappa shape index (κ1) is 17.7. The zero-order chi connectivity index (χ0) is 17.2. The number of rotatable bonds is 7. The van der Waals surface area contributed by atoms with E-state index in [2.05, 4.69) is 10.1 Å². The molecule has 0 saturated carbocycles. The maximum atomic E-state index is 12.8. The van der Waals surface area contributed by atoms with Gasteiger partial charge in [-0.2, -0.15) is 9.40 Å². The molecule has 8 heteroatoms. The second-order valence-corrected chi connectivity index (χ2v) is 7.20. The lowest BCUT2D eigenvalue weighted by atomic mass is 10.4. The molecule has 0 fully saturated rings. The van der Waals surface area contributed by atoms with Crippen LogP contribution >= 0.6 is 0 Å². The Labute approximate surface area is 137 Å². The lowest BCUT2D eigenvalue weighted by Gasteiger charge is -2.18. The minimum atomic E-state index is -3.53. The second-order valence-electron chi connectivity index (χ2n) is 5.32. The molecule has 0 atom stereocenters. The van der Waals surface area contributed by atoms with Gasteiger partial charge in [0.15, 0.2) is 0 Å². The van der Waals surface area contributed by atoms with Crippen molar-refractivity contribution in [2.45, 2.75) is 52.5 Å². The molecular formula is C15H24N4O3S. The van der Waals surface area contributed by atoms with Crippen molar-refractivity contribution in [1.29, 1.82) is 0 Å². The van der Waals surface area contributed by atoms with Crippen molar-refractivity contribution in [1.82, 2.24) is 19.1 Å². The minimum absolute atomic E-state index is 0.281. The van der Waals surface area contributed by atoms with Crippen LogP contribution in [0.3, 0.4) is 0 Å². The van der Waals surface area contributed by atoms with E-state index in [0.29, 0.717) is 36.9 Å². The summed E-state index contributed by atoms with van der Waals surface area (Å²) in [5, 5.41) is 4.37. The van der Waals surface area contributed by atoms with Gasteiger partial charge in [0.1, 0.15) is 17.2 Å². The summed E-state index contributed by atoms with van der Waals surface area (Å²) in [6.07, 6.45) is 2.46. The van der Waals surface area contributed by atoms with Gasteiger partial charge in [0.2, 0.25) is 15.9 Å². The maximum absolute atomic E-state index is 12.8. The third-order valence-corrected chi connectivity index (χ3v) is 6.16. The molecule has 0 aliphatic heterocycles. The molecule has 0 amide bonds. The average molecular weight is 340 g/mol. The zero-order valence-corrected chi connectivity index (χ0v) is 15.1. The molecule has 0 aromatic carbocycles. The lowest BCUT2D eigenvalue weighted by molar-refractivity contribution is 0.432. The van der Waals surface area contributed by atoms with Crippen LogP contribution in [-0.4, -0.2) is 40.6 Å². The Morgan fingerprint density at radius 2 is 1.87 bits per heavy atom. The number of sulfonamides is 1. The fraction of sp³-hybridized carbons (Fsp3) is 0.600. The van der Waals surface area contributed by atoms with E-state index in [0.717, 1.165) is 12.2 Å². The highest BCUT2D eigenvalue weighted by atomic mass is 32.2. The van der Waals surface area contributed by atoms with Crippen molar-refractivity contribution >= 4 is 10.0 Å². The van der Waals surface area contributed by atoms with E-state index in [4.69, 9.17) is 4.42 Å². The van der Waals surface area contributed by atoms with Gasteiger partial charge >= 0.3 is 0 Å². The van der Waals surface area contributed by atoms with Crippen LogP contribution in [0.2, 0.25) is 0 Å². The smallest absolute Gasteiger partial charge is 0.246 e. The summed E-state index contributed by atoms with van der Waals surface area (Å²) in [4.78, 5) is 4.49. The molecule has 2 heterocycles. The highest BCUT2D eigenvalue weighted by molar-refractivity contribution is 7.89. The summed E-state index contributed by atoms with van der Waals surface area (Å²) in [6, 6.07) is 0. The van der Waals surface area contributed by atoms with E-state index < -0.39 is 10.0 Å². The van der Waals surface area contributed by atoms with Gasteiger partial charge in [0.05, 0.1) is 17.6 Å². The summed E-state index contributed by atoms with van der Waals surface area (Å²) in [5.41, 5.74) is 1.10. The third-order valence-electron chi connectivity index (χ3n) is 3.85. The Bertz CT molecular complexity index is 773. The molecular weight excluding hydrogens is 316 g/mol. The highest BCUT2D eigenvalue weighted by Crippen LogP contribution is 2.24.